The Balaban J connectivity index is 1.59. The summed E-state index contributed by atoms with van der Waals surface area (Å²) in [5.74, 6) is 0.0897. The van der Waals surface area contributed by atoms with Crippen LogP contribution in [-0.4, -0.2) is 47.8 Å². The van der Waals surface area contributed by atoms with Gasteiger partial charge in [0.15, 0.2) is 0 Å². The fourth-order valence-electron chi connectivity index (χ4n) is 3.24. The second kappa shape index (κ2) is 7.51. The second-order valence-corrected chi connectivity index (χ2v) is 6.50. The van der Waals surface area contributed by atoms with Gasteiger partial charge in [0, 0.05) is 37.3 Å². The van der Waals surface area contributed by atoms with E-state index < -0.39 is 0 Å². The molecule has 0 aliphatic carbocycles. The number of rotatable bonds is 3. The monoisotopic (exact) mass is 335 g/mol. The lowest BCUT2D eigenvalue weighted by Crippen LogP contribution is -2.47. The Bertz CT molecular complexity index is 732. The Labute approximate surface area is 149 Å². The van der Waals surface area contributed by atoms with Crippen molar-refractivity contribution in [3.8, 4) is 0 Å². The van der Waals surface area contributed by atoms with Crippen LogP contribution in [0.15, 0.2) is 54.6 Å². The summed E-state index contributed by atoms with van der Waals surface area (Å²) in [5.41, 5.74) is 2.29. The molecule has 0 saturated carbocycles. The Morgan fingerprint density at radius 3 is 2.16 bits per heavy atom. The third-order valence-electron chi connectivity index (χ3n) is 4.84. The van der Waals surface area contributed by atoms with Crippen LogP contribution in [0.1, 0.15) is 39.1 Å². The SMILES string of the molecule is [CH2]c1ccc(C(=O)N(C)C2CCN(C(=O)c3ccccc3)CC2)cc1. The molecule has 0 N–H and O–H groups in total. The first-order chi connectivity index (χ1) is 12.1. The van der Waals surface area contributed by atoms with Gasteiger partial charge in [0.1, 0.15) is 0 Å². The zero-order chi connectivity index (χ0) is 17.8. The Morgan fingerprint density at radius 2 is 1.56 bits per heavy atom. The van der Waals surface area contributed by atoms with E-state index in [4.69, 9.17) is 0 Å². The molecule has 2 aromatic carbocycles. The summed E-state index contributed by atoms with van der Waals surface area (Å²) in [4.78, 5) is 28.8. The summed E-state index contributed by atoms with van der Waals surface area (Å²) < 4.78 is 0. The summed E-state index contributed by atoms with van der Waals surface area (Å²) in [6, 6.07) is 16.8. The summed E-state index contributed by atoms with van der Waals surface area (Å²) in [5, 5.41) is 0. The zero-order valence-corrected chi connectivity index (χ0v) is 14.5. The Hall–Kier alpha value is -2.62. The second-order valence-electron chi connectivity index (χ2n) is 6.50. The van der Waals surface area contributed by atoms with Crippen molar-refractivity contribution in [1.82, 2.24) is 9.80 Å². The highest BCUT2D eigenvalue weighted by Crippen LogP contribution is 2.19. The minimum absolute atomic E-state index is 0.0211. The van der Waals surface area contributed by atoms with Gasteiger partial charge in [-0.2, -0.15) is 0 Å². The highest BCUT2D eigenvalue weighted by Gasteiger charge is 2.28. The lowest BCUT2D eigenvalue weighted by molar-refractivity contribution is 0.0570. The van der Waals surface area contributed by atoms with Gasteiger partial charge in [-0.15, -0.1) is 0 Å². The van der Waals surface area contributed by atoms with E-state index in [1.54, 1.807) is 0 Å². The maximum absolute atomic E-state index is 12.6. The molecular formula is C21H23N2O2. The van der Waals surface area contributed by atoms with Gasteiger partial charge in [0.2, 0.25) is 0 Å². The van der Waals surface area contributed by atoms with E-state index >= 15 is 0 Å². The molecule has 0 atom stereocenters. The van der Waals surface area contributed by atoms with Crippen molar-refractivity contribution in [2.45, 2.75) is 18.9 Å². The zero-order valence-electron chi connectivity index (χ0n) is 14.5. The quantitative estimate of drug-likeness (QED) is 0.864. The van der Waals surface area contributed by atoms with Crippen LogP contribution in [0, 0.1) is 6.92 Å². The molecule has 1 aliphatic heterocycles. The van der Waals surface area contributed by atoms with Crippen molar-refractivity contribution in [2.24, 2.45) is 0 Å². The molecular weight excluding hydrogens is 312 g/mol. The predicted molar refractivity (Wildman–Crippen MR) is 98.4 cm³/mol. The number of hydrogen-bond donors (Lipinski definition) is 0. The van der Waals surface area contributed by atoms with E-state index in [1.807, 2.05) is 71.4 Å². The number of benzene rings is 2. The van der Waals surface area contributed by atoms with Gasteiger partial charge in [-0.3, -0.25) is 9.59 Å². The minimum atomic E-state index is 0.0211. The molecule has 1 saturated heterocycles. The number of piperidine rings is 1. The van der Waals surface area contributed by atoms with Gasteiger partial charge in [-0.05, 0) is 49.6 Å². The molecule has 0 spiro atoms. The van der Waals surface area contributed by atoms with E-state index in [9.17, 15) is 9.59 Å². The number of carbonyl (C=O) groups is 2. The first-order valence-electron chi connectivity index (χ1n) is 8.60. The van der Waals surface area contributed by atoms with Crippen molar-refractivity contribution in [3.05, 3.63) is 78.2 Å². The summed E-state index contributed by atoms with van der Waals surface area (Å²) in [7, 11) is 1.85. The van der Waals surface area contributed by atoms with Crippen molar-refractivity contribution in [3.63, 3.8) is 0 Å². The van der Waals surface area contributed by atoms with Crippen LogP contribution < -0.4 is 0 Å². The van der Waals surface area contributed by atoms with Gasteiger partial charge >= 0.3 is 0 Å². The van der Waals surface area contributed by atoms with E-state index in [2.05, 4.69) is 6.92 Å². The maximum atomic E-state index is 12.6. The molecule has 0 unspecified atom stereocenters. The van der Waals surface area contributed by atoms with Crippen LogP contribution in [0.4, 0.5) is 0 Å². The lowest BCUT2D eigenvalue weighted by atomic mass is 10.0. The van der Waals surface area contributed by atoms with E-state index in [-0.39, 0.29) is 17.9 Å². The standard InChI is InChI=1S/C21H23N2O2/c1-16-8-10-18(11-9-16)20(24)22(2)19-12-14-23(15-13-19)21(25)17-6-4-3-5-7-17/h3-11,19H,1,12-15H2,2H3. The molecule has 3 rings (SSSR count). The summed E-state index contributed by atoms with van der Waals surface area (Å²) >= 11 is 0. The van der Waals surface area contributed by atoms with E-state index in [0.717, 1.165) is 24.0 Å². The van der Waals surface area contributed by atoms with Gasteiger partial charge in [-0.25, -0.2) is 0 Å². The largest absolute Gasteiger partial charge is 0.339 e. The van der Waals surface area contributed by atoms with Gasteiger partial charge in [-0.1, -0.05) is 30.3 Å². The van der Waals surface area contributed by atoms with E-state index in [1.165, 1.54) is 0 Å². The van der Waals surface area contributed by atoms with Crippen molar-refractivity contribution in [2.75, 3.05) is 20.1 Å². The number of likely N-dealkylation sites (tertiary alicyclic amines) is 1. The van der Waals surface area contributed by atoms with Crippen molar-refractivity contribution < 1.29 is 9.59 Å². The highest BCUT2D eigenvalue weighted by molar-refractivity contribution is 5.95. The maximum Gasteiger partial charge on any atom is 0.253 e. The predicted octanol–water partition coefficient (Wildman–Crippen LogP) is 3.25. The highest BCUT2D eigenvalue weighted by atomic mass is 16.2. The minimum Gasteiger partial charge on any atom is -0.339 e. The van der Waals surface area contributed by atoms with Crippen LogP contribution >= 0.6 is 0 Å². The van der Waals surface area contributed by atoms with Crippen molar-refractivity contribution >= 4 is 11.8 Å². The molecule has 1 radical (unpaired) electrons. The molecule has 129 valence electrons. The number of amides is 2. The van der Waals surface area contributed by atoms with Gasteiger partial charge < -0.3 is 9.80 Å². The Kier molecular flexibility index (Phi) is 5.17. The molecule has 1 fully saturated rings. The smallest absolute Gasteiger partial charge is 0.253 e. The molecule has 4 nitrogen and oxygen atoms in total. The summed E-state index contributed by atoms with van der Waals surface area (Å²) in [6.45, 7) is 5.19. The molecule has 2 amide bonds. The van der Waals surface area contributed by atoms with E-state index in [0.29, 0.717) is 18.7 Å². The molecule has 1 heterocycles. The average Bonchev–Trinajstić information content (AvgIpc) is 2.67. The van der Waals surface area contributed by atoms with Crippen LogP contribution in [0.25, 0.3) is 0 Å². The van der Waals surface area contributed by atoms with Crippen LogP contribution in [-0.2, 0) is 0 Å². The third kappa shape index (κ3) is 3.90. The van der Waals surface area contributed by atoms with Gasteiger partial charge in [0.05, 0.1) is 0 Å². The van der Waals surface area contributed by atoms with Crippen LogP contribution in [0.2, 0.25) is 0 Å². The molecule has 0 bridgehead atoms. The average molecular weight is 335 g/mol. The topological polar surface area (TPSA) is 40.6 Å². The molecule has 0 aromatic heterocycles. The van der Waals surface area contributed by atoms with Gasteiger partial charge in [0.25, 0.3) is 11.8 Å². The summed E-state index contributed by atoms with van der Waals surface area (Å²) in [6.07, 6.45) is 1.60. The number of carbonyl (C=O) groups excluding carboxylic acids is 2. The van der Waals surface area contributed by atoms with Crippen LogP contribution in [0.3, 0.4) is 0 Å². The first-order valence-corrected chi connectivity index (χ1v) is 8.60. The normalized spacial score (nSPS) is 15.0. The van der Waals surface area contributed by atoms with Crippen molar-refractivity contribution in [1.29, 1.82) is 0 Å². The molecule has 25 heavy (non-hydrogen) atoms. The molecule has 1 aliphatic rings. The third-order valence-corrected chi connectivity index (χ3v) is 4.84. The first kappa shape index (κ1) is 17.2. The fourth-order valence-corrected chi connectivity index (χ4v) is 3.24. The van der Waals surface area contributed by atoms with Crippen LogP contribution in [0.5, 0.6) is 0 Å². The molecule has 2 aromatic rings. The fraction of sp³-hybridized carbons (Fsp3) is 0.286. The number of nitrogens with zero attached hydrogens (tertiary/aromatic N) is 2. The Morgan fingerprint density at radius 1 is 0.960 bits per heavy atom. The molecule has 4 heteroatoms. The lowest BCUT2D eigenvalue weighted by Gasteiger charge is -2.36. The number of hydrogen-bond acceptors (Lipinski definition) is 2.